The summed E-state index contributed by atoms with van der Waals surface area (Å²) in [6.45, 7) is 5.62. The van der Waals surface area contributed by atoms with Crippen molar-refractivity contribution in [3.05, 3.63) is 0 Å². The average molecular weight is 262 g/mol. The van der Waals surface area contributed by atoms with Crippen molar-refractivity contribution in [2.75, 3.05) is 19.6 Å². The molecule has 0 radical (unpaired) electrons. The molecule has 4 rings (SSSR count). The molecular weight excluding hydrogens is 236 g/mol. The summed E-state index contributed by atoms with van der Waals surface area (Å²) < 4.78 is 0. The summed E-state index contributed by atoms with van der Waals surface area (Å²) in [6.07, 6.45) is 7.80. The molecule has 0 N–H and O–H groups in total. The molecule has 2 heterocycles. The molecule has 0 spiro atoms. The van der Waals surface area contributed by atoms with Crippen molar-refractivity contribution >= 4 is 5.91 Å². The van der Waals surface area contributed by atoms with Gasteiger partial charge >= 0.3 is 0 Å². The van der Waals surface area contributed by atoms with E-state index in [9.17, 15) is 4.79 Å². The number of hydrogen-bond donors (Lipinski definition) is 0. The van der Waals surface area contributed by atoms with Crippen molar-refractivity contribution < 1.29 is 4.79 Å². The maximum atomic E-state index is 12.8. The van der Waals surface area contributed by atoms with Gasteiger partial charge in [-0.15, -0.1) is 0 Å². The van der Waals surface area contributed by atoms with Gasteiger partial charge in [0.15, 0.2) is 0 Å². The first-order valence-corrected chi connectivity index (χ1v) is 8.27. The van der Waals surface area contributed by atoms with Gasteiger partial charge in [-0.3, -0.25) is 9.69 Å². The zero-order valence-electron chi connectivity index (χ0n) is 12.1. The minimum absolute atomic E-state index is 0.376. The molecule has 0 aromatic rings. The lowest BCUT2D eigenvalue weighted by Crippen LogP contribution is -2.60. The van der Waals surface area contributed by atoms with Crippen molar-refractivity contribution in [2.24, 2.45) is 17.8 Å². The largest absolute Gasteiger partial charge is 0.337 e. The monoisotopic (exact) mass is 262 g/mol. The summed E-state index contributed by atoms with van der Waals surface area (Å²) in [4.78, 5) is 17.6. The Morgan fingerprint density at radius 3 is 2.63 bits per heavy atom. The molecule has 1 amide bonds. The third-order valence-corrected chi connectivity index (χ3v) is 6.06. The van der Waals surface area contributed by atoms with Crippen molar-refractivity contribution in [1.29, 1.82) is 0 Å². The van der Waals surface area contributed by atoms with Crippen LogP contribution in [-0.2, 0) is 4.79 Å². The molecule has 4 fully saturated rings. The van der Waals surface area contributed by atoms with E-state index in [0.29, 0.717) is 23.9 Å². The molecule has 0 bridgehead atoms. The normalized spacial score (nSPS) is 45.7. The van der Waals surface area contributed by atoms with Gasteiger partial charge in [-0.1, -0.05) is 6.42 Å². The number of hydrogen-bond acceptors (Lipinski definition) is 2. The second-order valence-corrected chi connectivity index (χ2v) is 7.41. The molecule has 106 valence electrons. The number of amides is 1. The van der Waals surface area contributed by atoms with Crippen LogP contribution in [0.4, 0.5) is 0 Å². The Morgan fingerprint density at radius 1 is 1.05 bits per heavy atom. The number of piperazine rings is 1. The first-order chi connectivity index (χ1) is 9.22. The Labute approximate surface area is 116 Å². The van der Waals surface area contributed by atoms with Crippen LogP contribution in [-0.4, -0.2) is 47.4 Å². The van der Waals surface area contributed by atoms with E-state index >= 15 is 0 Å². The zero-order chi connectivity index (χ0) is 13.0. The molecule has 0 aromatic carbocycles. The maximum absolute atomic E-state index is 12.8. The summed E-state index contributed by atoms with van der Waals surface area (Å²) in [7, 11) is 0. The standard InChI is InChI=1S/C16H26N2O/c1-11-9-17-5-3-2-4-15(17)10-18(11)16(19)14-7-12-6-13(12)8-14/h11-15H,2-10H2,1H3. The van der Waals surface area contributed by atoms with Crippen LogP contribution in [0.3, 0.4) is 0 Å². The zero-order valence-corrected chi connectivity index (χ0v) is 12.1. The minimum Gasteiger partial charge on any atom is -0.337 e. The molecule has 19 heavy (non-hydrogen) atoms. The number of carbonyl (C=O) groups is 1. The molecule has 4 aliphatic rings. The highest BCUT2D eigenvalue weighted by atomic mass is 16.2. The highest BCUT2D eigenvalue weighted by molar-refractivity contribution is 5.80. The lowest BCUT2D eigenvalue weighted by Gasteiger charge is -2.48. The molecule has 4 unspecified atom stereocenters. The van der Waals surface area contributed by atoms with Crippen LogP contribution >= 0.6 is 0 Å². The first kappa shape index (κ1) is 12.2. The summed E-state index contributed by atoms with van der Waals surface area (Å²) in [5.74, 6) is 2.70. The highest BCUT2D eigenvalue weighted by Gasteiger charge is 2.49. The molecule has 2 saturated heterocycles. The first-order valence-electron chi connectivity index (χ1n) is 8.27. The average Bonchev–Trinajstić information content (AvgIpc) is 3.03. The number of carbonyl (C=O) groups excluding carboxylic acids is 1. The van der Waals surface area contributed by atoms with E-state index in [1.54, 1.807) is 0 Å². The predicted octanol–water partition coefficient (Wildman–Crippen LogP) is 2.12. The van der Waals surface area contributed by atoms with Crippen molar-refractivity contribution in [1.82, 2.24) is 9.80 Å². The lowest BCUT2D eigenvalue weighted by molar-refractivity contribution is -0.142. The van der Waals surface area contributed by atoms with Crippen LogP contribution in [0.2, 0.25) is 0 Å². The molecule has 2 saturated carbocycles. The summed E-state index contributed by atoms with van der Waals surface area (Å²) in [6, 6.07) is 1.09. The van der Waals surface area contributed by atoms with Gasteiger partial charge in [-0.2, -0.15) is 0 Å². The Balaban J connectivity index is 1.43. The van der Waals surface area contributed by atoms with E-state index in [0.717, 1.165) is 24.9 Å². The van der Waals surface area contributed by atoms with Gasteiger partial charge in [0, 0.05) is 31.1 Å². The van der Waals surface area contributed by atoms with Gasteiger partial charge in [-0.25, -0.2) is 0 Å². The van der Waals surface area contributed by atoms with E-state index in [1.165, 1.54) is 45.1 Å². The Kier molecular flexibility index (Phi) is 2.87. The summed E-state index contributed by atoms with van der Waals surface area (Å²) in [5.41, 5.74) is 0. The molecule has 3 nitrogen and oxygen atoms in total. The van der Waals surface area contributed by atoms with E-state index in [-0.39, 0.29) is 0 Å². The van der Waals surface area contributed by atoms with Crippen molar-refractivity contribution in [3.63, 3.8) is 0 Å². The minimum atomic E-state index is 0.376. The number of piperidine rings is 1. The predicted molar refractivity (Wildman–Crippen MR) is 74.7 cm³/mol. The quantitative estimate of drug-likeness (QED) is 0.722. The Bertz CT molecular complexity index is 373. The van der Waals surface area contributed by atoms with Crippen LogP contribution in [0.1, 0.15) is 45.4 Å². The molecule has 3 heteroatoms. The number of nitrogens with zero attached hydrogens (tertiary/aromatic N) is 2. The third kappa shape index (κ3) is 2.10. The lowest BCUT2D eigenvalue weighted by atomic mass is 9.94. The number of rotatable bonds is 1. The molecule has 0 aromatic heterocycles. The molecule has 2 aliphatic heterocycles. The summed E-state index contributed by atoms with van der Waals surface area (Å²) >= 11 is 0. The fraction of sp³-hybridized carbons (Fsp3) is 0.938. The van der Waals surface area contributed by atoms with E-state index in [4.69, 9.17) is 0 Å². The van der Waals surface area contributed by atoms with Crippen LogP contribution in [0, 0.1) is 17.8 Å². The van der Waals surface area contributed by atoms with Crippen molar-refractivity contribution in [3.8, 4) is 0 Å². The Hall–Kier alpha value is -0.570. The van der Waals surface area contributed by atoms with Gasteiger partial charge in [0.1, 0.15) is 0 Å². The van der Waals surface area contributed by atoms with Gasteiger partial charge in [0.25, 0.3) is 0 Å². The van der Waals surface area contributed by atoms with Crippen molar-refractivity contribution in [2.45, 2.75) is 57.5 Å². The second-order valence-electron chi connectivity index (χ2n) is 7.41. The summed E-state index contributed by atoms with van der Waals surface area (Å²) in [5, 5.41) is 0. The van der Waals surface area contributed by atoms with Gasteiger partial charge < -0.3 is 4.90 Å². The van der Waals surface area contributed by atoms with E-state index in [1.807, 2.05) is 0 Å². The van der Waals surface area contributed by atoms with E-state index in [2.05, 4.69) is 16.7 Å². The maximum Gasteiger partial charge on any atom is 0.226 e. The molecular formula is C16H26N2O. The third-order valence-electron chi connectivity index (χ3n) is 6.06. The Morgan fingerprint density at radius 2 is 1.84 bits per heavy atom. The fourth-order valence-electron chi connectivity index (χ4n) is 4.81. The topological polar surface area (TPSA) is 23.6 Å². The van der Waals surface area contributed by atoms with Gasteiger partial charge in [0.05, 0.1) is 0 Å². The molecule has 4 atom stereocenters. The number of fused-ring (bicyclic) bond motifs is 2. The van der Waals surface area contributed by atoms with E-state index < -0.39 is 0 Å². The van der Waals surface area contributed by atoms with Crippen LogP contribution in [0.5, 0.6) is 0 Å². The second kappa shape index (κ2) is 4.47. The molecule has 2 aliphatic carbocycles. The smallest absolute Gasteiger partial charge is 0.226 e. The van der Waals surface area contributed by atoms with Gasteiger partial charge in [-0.05, 0) is 57.4 Å². The van der Waals surface area contributed by atoms with Crippen LogP contribution < -0.4 is 0 Å². The fourth-order valence-corrected chi connectivity index (χ4v) is 4.81. The SMILES string of the molecule is CC1CN2CCCCC2CN1C(=O)C1CC2CC2C1. The van der Waals surface area contributed by atoms with Crippen LogP contribution in [0.15, 0.2) is 0 Å². The van der Waals surface area contributed by atoms with Gasteiger partial charge in [0.2, 0.25) is 5.91 Å². The van der Waals surface area contributed by atoms with Crippen LogP contribution in [0.25, 0.3) is 0 Å². The highest BCUT2D eigenvalue weighted by Crippen LogP contribution is 2.54.